The zero-order valence-electron chi connectivity index (χ0n) is 10.7. The van der Waals surface area contributed by atoms with Crippen LogP contribution in [0.5, 0.6) is 0 Å². The van der Waals surface area contributed by atoms with Gasteiger partial charge in [0.2, 0.25) is 0 Å². The monoisotopic (exact) mass is 270 g/mol. The average Bonchev–Trinajstić information content (AvgIpc) is 2.83. The highest BCUT2D eigenvalue weighted by atomic mass is 35.5. The molecule has 96 valence electrons. The topological polar surface area (TPSA) is 28.7 Å². The zero-order chi connectivity index (χ0) is 13.2. The lowest BCUT2D eigenvalue weighted by molar-refractivity contribution is 0.732. The van der Waals surface area contributed by atoms with E-state index >= 15 is 0 Å². The fourth-order valence-corrected chi connectivity index (χ4v) is 2.61. The van der Waals surface area contributed by atoms with Gasteiger partial charge in [-0.2, -0.15) is 0 Å². The Morgan fingerprint density at radius 3 is 2.68 bits per heavy atom. The van der Waals surface area contributed by atoms with Gasteiger partial charge in [0.25, 0.3) is 0 Å². The van der Waals surface area contributed by atoms with Gasteiger partial charge in [0.05, 0.1) is 11.0 Å². The van der Waals surface area contributed by atoms with E-state index in [1.54, 1.807) is 0 Å². The molecule has 2 aromatic carbocycles. The molecule has 1 atom stereocenters. The Morgan fingerprint density at radius 2 is 1.95 bits per heavy atom. The predicted molar refractivity (Wildman–Crippen MR) is 79.7 cm³/mol. The SMILES string of the molecule is CC[C@@H](c1ccccc1)c1nc2ccc(Cl)cc2[nH]1. The smallest absolute Gasteiger partial charge is 0.114 e. The maximum absolute atomic E-state index is 6.01. The zero-order valence-corrected chi connectivity index (χ0v) is 11.5. The molecule has 0 saturated carbocycles. The fourth-order valence-electron chi connectivity index (χ4n) is 2.44. The molecule has 0 aliphatic heterocycles. The molecular formula is C16H15ClN2. The van der Waals surface area contributed by atoms with E-state index in [9.17, 15) is 0 Å². The number of aromatic nitrogens is 2. The van der Waals surface area contributed by atoms with E-state index in [4.69, 9.17) is 11.6 Å². The summed E-state index contributed by atoms with van der Waals surface area (Å²) in [5.41, 5.74) is 3.25. The van der Waals surface area contributed by atoms with Crippen molar-refractivity contribution in [3.63, 3.8) is 0 Å². The third-order valence-electron chi connectivity index (χ3n) is 3.40. The highest BCUT2D eigenvalue weighted by Crippen LogP contribution is 2.28. The Hall–Kier alpha value is -1.80. The van der Waals surface area contributed by atoms with E-state index in [2.05, 4.69) is 41.2 Å². The Balaban J connectivity index is 2.07. The Morgan fingerprint density at radius 1 is 1.16 bits per heavy atom. The van der Waals surface area contributed by atoms with Crippen LogP contribution in [0.15, 0.2) is 48.5 Å². The largest absolute Gasteiger partial charge is 0.341 e. The summed E-state index contributed by atoms with van der Waals surface area (Å²) in [5, 5.41) is 0.732. The second-order valence-electron chi connectivity index (χ2n) is 4.66. The van der Waals surface area contributed by atoms with E-state index in [1.165, 1.54) is 5.56 Å². The molecule has 0 aliphatic rings. The van der Waals surface area contributed by atoms with E-state index < -0.39 is 0 Å². The fraction of sp³-hybridized carbons (Fsp3) is 0.188. The van der Waals surface area contributed by atoms with Gasteiger partial charge in [-0.15, -0.1) is 0 Å². The number of hydrogen-bond donors (Lipinski definition) is 1. The second kappa shape index (κ2) is 5.06. The molecule has 3 aromatic rings. The van der Waals surface area contributed by atoms with Crippen molar-refractivity contribution >= 4 is 22.6 Å². The summed E-state index contributed by atoms with van der Waals surface area (Å²) in [4.78, 5) is 8.08. The first-order chi connectivity index (χ1) is 9.28. The second-order valence-corrected chi connectivity index (χ2v) is 5.09. The summed E-state index contributed by atoms with van der Waals surface area (Å²) < 4.78 is 0. The molecule has 0 amide bonds. The van der Waals surface area contributed by atoms with Gasteiger partial charge in [0, 0.05) is 10.9 Å². The Bertz CT molecular complexity index is 688. The van der Waals surface area contributed by atoms with Crippen molar-refractivity contribution in [1.82, 2.24) is 9.97 Å². The standard InChI is InChI=1S/C16H15ClN2/c1-2-13(11-6-4-3-5-7-11)16-18-14-9-8-12(17)10-15(14)19-16/h3-10,13H,2H2,1H3,(H,18,19)/t13-/m0/s1. The van der Waals surface area contributed by atoms with Crippen LogP contribution in [0.1, 0.15) is 30.7 Å². The molecule has 0 unspecified atom stereocenters. The lowest BCUT2D eigenvalue weighted by atomic mass is 9.96. The summed E-state index contributed by atoms with van der Waals surface area (Å²) in [5.74, 6) is 1.30. The molecule has 0 fully saturated rings. The van der Waals surface area contributed by atoms with Crippen LogP contribution >= 0.6 is 11.6 Å². The van der Waals surface area contributed by atoms with Crippen LogP contribution in [0.4, 0.5) is 0 Å². The van der Waals surface area contributed by atoms with Gasteiger partial charge in [-0.3, -0.25) is 0 Å². The molecule has 1 N–H and O–H groups in total. The quantitative estimate of drug-likeness (QED) is 0.730. The van der Waals surface area contributed by atoms with Crippen LogP contribution in [0, 0.1) is 0 Å². The average molecular weight is 271 g/mol. The third-order valence-corrected chi connectivity index (χ3v) is 3.64. The third kappa shape index (κ3) is 2.36. The summed E-state index contributed by atoms with van der Waals surface area (Å²) in [6.07, 6.45) is 1.01. The van der Waals surface area contributed by atoms with Gasteiger partial charge in [0.1, 0.15) is 5.82 Å². The number of hydrogen-bond acceptors (Lipinski definition) is 1. The molecular weight excluding hydrogens is 256 g/mol. The maximum atomic E-state index is 6.01. The highest BCUT2D eigenvalue weighted by molar-refractivity contribution is 6.31. The molecule has 0 aliphatic carbocycles. The van der Waals surface area contributed by atoms with Gasteiger partial charge in [-0.25, -0.2) is 4.98 Å². The molecule has 1 aromatic heterocycles. The van der Waals surface area contributed by atoms with Crippen LogP contribution in [0.25, 0.3) is 11.0 Å². The van der Waals surface area contributed by atoms with Gasteiger partial charge >= 0.3 is 0 Å². The summed E-state index contributed by atoms with van der Waals surface area (Å²) in [7, 11) is 0. The number of imidazole rings is 1. The van der Waals surface area contributed by atoms with E-state index in [0.717, 1.165) is 28.3 Å². The minimum absolute atomic E-state index is 0.298. The van der Waals surface area contributed by atoms with Gasteiger partial charge in [-0.1, -0.05) is 48.9 Å². The highest BCUT2D eigenvalue weighted by Gasteiger charge is 2.15. The van der Waals surface area contributed by atoms with E-state index in [0.29, 0.717) is 5.92 Å². The number of fused-ring (bicyclic) bond motifs is 1. The van der Waals surface area contributed by atoms with Crippen molar-refractivity contribution < 1.29 is 0 Å². The number of rotatable bonds is 3. The van der Waals surface area contributed by atoms with Crippen molar-refractivity contribution in [1.29, 1.82) is 0 Å². The van der Waals surface area contributed by atoms with Crippen molar-refractivity contribution in [3.8, 4) is 0 Å². The number of aromatic amines is 1. The summed E-state index contributed by atoms with van der Waals surface area (Å²) in [6, 6.07) is 16.2. The Kier molecular flexibility index (Phi) is 3.26. The van der Waals surface area contributed by atoms with Gasteiger partial charge < -0.3 is 4.98 Å². The van der Waals surface area contributed by atoms with Crippen LogP contribution in [-0.4, -0.2) is 9.97 Å². The number of benzene rings is 2. The van der Waals surface area contributed by atoms with Crippen molar-refractivity contribution in [2.75, 3.05) is 0 Å². The first kappa shape index (κ1) is 12.2. The molecule has 2 nitrogen and oxygen atoms in total. The van der Waals surface area contributed by atoms with Crippen molar-refractivity contribution in [3.05, 3.63) is 64.9 Å². The van der Waals surface area contributed by atoms with E-state index in [1.807, 2.05) is 24.3 Å². The van der Waals surface area contributed by atoms with Crippen molar-refractivity contribution in [2.24, 2.45) is 0 Å². The summed E-state index contributed by atoms with van der Waals surface area (Å²) in [6.45, 7) is 2.18. The number of nitrogens with zero attached hydrogens (tertiary/aromatic N) is 1. The minimum atomic E-state index is 0.298. The maximum Gasteiger partial charge on any atom is 0.114 e. The lowest BCUT2D eigenvalue weighted by Gasteiger charge is -2.12. The number of H-pyrrole nitrogens is 1. The first-order valence-corrected chi connectivity index (χ1v) is 6.86. The predicted octanol–water partition coefficient (Wildman–Crippen LogP) is 4.76. The first-order valence-electron chi connectivity index (χ1n) is 6.48. The van der Waals surface area contributed by atoms with Gasteiger partial charge in [0.15, 0.2) is 0 Å². The molecule has 1 heterocycles. The van der Waals surface area contributed by atoms with Crippen LogP contribution < -0.4 is 0 Å². The number of nitrogens with one attached hydrogen (secondary N) is 1. The van der Waals surface area contributed by atoms with Gasteiger partial charge in [-0.05, 0) is 30.2 Å². The number of halogens is 1. The minimum Gasteiger partial charge on any atom is -0.341 e. The van der Waals surface area contributed by atoms with Crippen molar-refractivity contribution in [2.45, 2.75) is 19.3 Å². The normalized spacial score (nSPS) is 12.7. The molecule has 0 saturated heterocycles. The van der Waals surface area contributed by atoms with Crippen LogP contribution in [-0.2, 0) is 0 Å². The molecule has 3 rings (SSSR count). The Labute approximate surface area is 117 Å². The molecule has 3 heteroatoms. The molecule has 0 radical (unpaired) electrons. The molecule has 0 bridgehead atoms. The molecule has 19 heavy (non-hydrogen) atoms. The molecule has 0 spiro atoms. The van der Waals surface area contributed by atoms with E-state index in [-0.39, 0.29) is 0 Å². The van der Waals surface area contributed by atoms with Crippen LogP contribution in [0.2, 0.25) is 5.02 Å². The summed E-state index contributed by atoms with van der Waals surface area (Å²) >= 11 is 6.01. The lowest BCUT2D eigenvalue weighted by Crippen LogP contribution is -2.01. The van der Waals surface area contributed by atoms with Crippen LogP contribution in [0.3, 0.4) is 0 Å².